The van der Waals surface area contributed by atoms with Gasteiger partial charge in [0.25, 0.3) is 0 Å². The van der Waals surface area contributed by atoms with Gasteiger partial charge in [-0.3, -0.25) is 4.79 Å². The van der Waals surface area contributed by atoms with Crippen LogP contribution in [-0.2, 0) is 16.0 Å². The molecule has 1 rings (SSSR count). The first kappa shape index (κ1) is 11.6. The van der Waals surface area contributed by atoms with Gasteiger partial charge in [0.1, 0.15) is 5.60 Å². The summed E-state index contributed by atoms with van der Waals surface area (Å²) in [7, 11) is 0. The van der Waals surface area contributed by atoms with E-state index in [2.05, 4.69) is 4.98 Å². The van der Waals surface area contributed by atoms with E-state index in [1.165, 1.54) is 12.3 Å². The number of nitrogens with zero attached hydrogens (tertiary/aromatic N) is 1. The van der Waals surface area contributed by atoms with E-state index in [0.717, 1.165) is 0 Å². The highest BCUT2D eigenvalue weighted by atomic mass is 19.1. The smallest absolute Gasteiger partial charge is 0.310 e. The average molecular weight is 211 g/mol. The summed E-state index contributed by atoms with van der Waals surface area (Å²) in [5.41, 5.74) is 0.0552. The van der Waals surface area contributed by atoms with Crippen LogP contribution < -0.4 is 0 Å². The topological polar surface area (TPSA) is 39.2 Å². The summed E-state index contributed by atoms with van der Waals surface area (Å²) in [5, 5.41) is 0. The van der Waals surface area contributed by atoms with Gasteiger partial charge in [0.2, 0.25) is 5.95 Å². The zero-order valence-electron chi connectivity index (χ0n) is 9.08. The largest absolute Gasteiger partial charge is 0.460 e. The highest BCUT2D eigenvalue weighted by Crippen LogP contribution is 2.10. The van der Waals surface area contributed by atoms with Crippen LogP contribution in [0.25, 0.3) is 0 Å². The first-order valence-electron chi connectivity index (χ1n) is 4.69. The second kappa shape index (κ2) is 4.38. The standard InChI is InChI=1S/C11H14FNO2/c1-11(2,3)15-10(14)7-8-4-5-13-9(12)6-8/h4-6H,7H2,1-3H3. The van der Waals surface area contributed by atoms with Gasteiger partial charge >= 0.3 is 5.97 Å². The molecule has 4 heteroatoms. The van der Waals surface area contributed by atoms with Crippen molar-refractivity contribution in [2.45, 2.75) is 32.8 Å². The van der Waals surface area contributed by atoms with Crippen molar-refractivity contribution in [3.8, 4) is 0 Å². The molecule has 0 radical (unpaired) electrons. The quantitative estimate of drug-likeness (QED) is 0.555. The minimum absolute atomic E-state index is 0.0662. The normalized spacial score (nSPS) is 11.2. The molecule has 0 aromatic carbocycles. The average Bonchev–Trinajstić information content (AvgIpc) is 1.99. The molecule has 3 nitrogen and oxygen atoms in total. The lowest BCUT2D eigenvalue weighted by Crippen LogP contribution is -2.24. The van der Waals surface area contributed by atoms with Gasteiger partial charge in [-0.1, -0.05) is 0 Å². The summed E-state index contributed by atoms with van der Waals surface area (Å²) in [6.07, 6.45) is 1.39. The Labute approximate surface area is 88.3 Å². The fraction of sp³-hybridized carbons (Fsp3) is 0.455. The highest BCUT2D eigenvalue weighted by Gasteiger charge is 2.16. The summed E-state index contributed by atoms with van der Waals surface area (Å²) in [6, 6.07) is 2.82. The fourth-order valence-electron chi connectivity index (χ4n) is 1.10. The summed E-state index contributed by atoms with van der Waals surface area (Å²) >= 11 is 0. The predicted molar refractivity (Wildman–Crippen MR) is 53.7 cm³/mol. The number of carbonyl (C=O) groups is 1. The number of ether oxygens (including phenoxy) is 1. The van der Waals surface area contributed by atoms with Crippen LogP contribution in [0.1, 0.15) is 26.3 Å². The Morgan fingerprint density at radius 3 is 2.73 bits per heavy atom. The molecule has 0 aliphatic carbocycles. The van der Waals surface area contributed by atoms with E-state index in [1.54, 1.807) is 26.8 Å². The van der Waals surface area contributed by atoms with Gasteiger partial charge in [-0.05, 0) is 38.5 Å². The molecule has 0 amide bonds. The van der Waals surface area contributed by atoms with Crippen LogP contribution in [-0.4, -0.2) is 16.6 Å². The lowest BCUT2D eigenvalue weighted by Gasteiger charge is -2.19. The van der Waals surface area contributed by atoms with E-state index in [-0.39, 0.29) is 12.4 Å². The van der Waals surface area contributed by atoms with Crippen LogP contribution in [0.4, 0.5) is 4.39 Å². The number of pyridine rings is 1. The van der Waals surface area contributed by atoms with Gasteiger partial charge in [0.15, 0.2) is 0 Å². The maximum Gasteiger partial charge on any atom is 0.310 e. The fourth-order valence-corrected chi connectivity index (χ4v) is 1.10. The maximum atomic E-state index is 12.7. The third-order valence-electron chi connectivity index (χ3n) is 1.56. The molecule has 1 aromatic rings. The minimum Gasteiger partial charge on any atom is -0.460 e. The molecule has 0 saturated heterocycles. The molecule has 0 saturated carbocycles. The molecule has 1 aromatic heterocycles. The zero-order chi connectivity index (χ0) is 11.5. The van der Waals surface area contributed by atoms with E-state index in [4.69, 9.17) is 4.74 Å². The van der Waals surface area contributed by atoms with Crippen molar-refractivity contribution in [1.82, 2.24) is 4.98 Å². The Bertz CT molecular complexity index is 358. The van der Waals surface area contributed by atoms with E-state index in [1.807, 2.05) is 0 Å². The third kappa shape index (κ3) is 4.54. The predicted octanol–water partition coefficient (Wildman–Crippen LogP) is 2.10. The van der Waals surface area contributed by atoms with E-state index in [9.17, 15) is 9.18 Å². The lowest BCUT2D eigenvalue weighted by atomic mass is 10.1. The molecular formula is C11H14FNO2. The van der Waals surface area contributed by atoms with Crippen molar-refractivity contribution in [3.63, 3.8) is 0 Å². The first-order chi connectivity index (χ1) is 6.87. The highest BCUT2D eigenvalue weighted by molar-refractivity contribution is 5.72. The van der Waals surface area contributed by atoms with Gasteiger partial charge in [-0.25, -0.2) is 4.98 Å². The third-order valence-corrected chi connectivity index (χ3v) is 1.56. The number of halogens is 1. The Kier molecular flexibility index (Phi) is 3.39. The first-order valence-corrected chi connectivity index (χ1v) is 4.69. The van der Waals surface area contributed by atoms with Crippen molar-refractivity contribution in [3.05, 3.63) is 29.8 Å². The molecule has 15 heavy (non-hydrogen) atoms. The summed E-state index contributed by atoms with van der Waals surface area (Å²) < 4.78 is 17.8. The number of rotatable bonds is 2. The van der Waals surface area contributed by atoms with Crippen molar-refractivity contribution in [1.29, 1.82) is 0 Å². The molecule has 0 aliphatic rings. The van der Waals surface area contributed by atoms with Crippen LogP contribution in [0.15, 0.2) is 18.3 Å². The minimum atomic E-state index is -0.587. The molecule has 0 aliphatic heterocycles. The number of hydrogen-bond donors (Lipinski definition) is 0. The maximum absolute atomic E-state index is 12.7. The van der Waals surface area contributed by atoms with Crippen molar-refractivity contribution < 1.29 is 13.9 Å². The number of hydrogen-bond acceptors (Lipinski definition) is 3. The van der Waals surface area contributed by atoms with Gasteiger partial charge < -0.3 is 4.74 Å². The second-order valence-corrected chi connectivity index (χ2v) is 4.25. The van der Waals surface area contributed by atoms with Gasteiger partial charge in [0.05, 0.1) is 6.42 Å². The van der Waals surface area contributed by atoms with Crippen LogP contribution in [0.3, 0.4) is 0 Å². The van der Waals surface area contributed by atoms with Crippen LogP contribution in [0.2, 0.25) is 0 Å². The number of carbonyl (C=O) groups excluding carboxylic acids is 1. The molecule has 0 spiro atoms. The van der Waals surface area contributed by atoms with Gasteiger partial charge in [0, 0.05) is 6.20 Å². The SMILES string of the molecule is CC(C)(C)OC(=O)Cc1ccnc(F)c1. The molecule has 0 N–H and O–H groups in total. The van der Waals surface area contributed by atoms with E-state index in [0.29, 0.717) is 5.56 Å². The molecule has 82 valence electrons. The molecule has 0 bridgehead atoms. The molecule has 0 fully saturated rings. The summed E-state index contributed by atoms with van der Waals surface area (Å²) in [6.45, 7) is 5.37. The molecule has 0 unspecified atom stereocenters. The van der Waals surface area contributed by atoms with Gasteiger partial charge in [-0.2, -0.15) is 4.39 Å². The van der Waals surface area contributed by atoms with Crippen molar-refractivity contribution in [2.24, 2.45) is 0 Å². The number of esters is 1. The monoisotopic (exact) mass is 211 g/mol. The van der Waals surface area contributed by atoms with Crippen molar-refractivity contribution >= 4 is 5.97 Å². The molecule has 0 atom stereocenters. The van der Waals surface area contributed by atoms with E-state index >= 15 is 0 Å². The van der Waals surface area contributed by atoms with Crippen LogP contribution in [0, 0.1) is 5.95 Å². The lowest BCUT2D eigenvalue weighted by molar-refractivity contribution is -0.153. The van der Waals surface area contributed by atoms with Gasteiger partial charge in [-0.15, -0.1) is 0 Å². The zero-order valence-corrected chi connectivity index (χ0v) is 9.08. The van der Waals surface area contributed by atoms with E-state index < -0.39 is 11.5 Å². The van der Waals surface area contributed by atoms with Crippen LogP contribution >= 0.6 is 0 Å². The number of aromatic nitrogens is 1. The molecular weight excluding hydrogens is 197 g/mol. The summed E-state index contributed by atoms with van der Waals surface area (Å²) in [4.78, 5) is 14.8. The Hall–Kier alpha value is -1.45. The second-order valence-electron chi connectivity index (χ2n) is 4.25. The van der Waals surface area contributed by atoms with Crippen molar-refractivity contribution in [2.75, 3.05) is 0 Å². The Balaban J connectivity index is 2.59. The molecule has 1 heterocycles. The van der Waals surface area contributed by atoms with Crippen LogP contribution in [0.5, 0.6) is 0 Å². The Morgan fingerprint density at radius 1 is 1.53 bits per heavy atom. The Morgan fingerprint density at radius 2 is 2.20 bits per heavy atom. The summed E-state index contributed by atoms with van der Waals surface area (Å²) in [5.74, 6) is -0.954.